The molecule has 0 amide bonds. The molecule has 0 saturated carbocycles. The normalized spacial score (nSPS) is 11.4. The predicted octanol–water partition coefficient (Wildman–Crippen LogP) is 3.77. The van der Waals surface area contributed by atoms with Crippen molar-refractivity contribution in [2.75, 3.05) is 13.6 Å². The van der Waals surface area contributed by atoms with Crippen molar-refractivity contribution < 1.29 is 0 Å². The van der Waals surface area contributed by atoms with Crippen LogP contribution in [0, 0.1) is 13.8 Å². The van der Waals surface area contributed by atoms with Crippen molar-refractivity contribution in [3.05, 3.63) is 51.6 Å². The molecule has 5 nitrogen and oxygen atoms in total. The van der Waals surface area contributed by atoms with E-state index < -0.39 is 0 Å². The van der Waals surface area contributed by atoms with Crippen LogP contribution in [-0.2, 0) is 13.0 Å². The van der Waals surface area contributed by atoms with Gasteiger partial charge >= 0.3 is 0 Å². The Hall–Kier alpha value is -1.61. The number of para-hydroxylation sites is 1. The number of fused-ring (bicyclic) bond motifs is 1. The largest absolute Gasteiger partial charge is 0.357 e. The summed E-state index contributed by atoms with van der Waals surface area (Å²) in [7, 11) is 1.79. The number of nitrogens with zero attached hydrogens (tertiary/aromatic N) is 2. The molecule has 7 heteroatoms. The molecule has 0 bridgehead atoms. The molecule has 2 heterocycles. The number of nitrogens with one attached hydrogen (secondary N) is 3. The summed E-state index contributed by atoms with van der Waals surface area (Å²) in [5.41, 5.74) is 3.44. The highest BCUT2D eigenvalue weighted by molar-refractivity contribution is 14.0. The van der Waals surface area contributed by atoms with Gasteiger partial charge in [0.2, 0.25) is 0 Å². The quantitative estimate of drug-likeness (QED) is 0.303. The second-order valence-corrected chi connectivity index (χ2v) is 7.02. The Morgan fingerprint density at radius 1 is 1.24 bits per heavy atom. The lowest BCUT2D eigenvalue weighted by atomic mass is 10.2. The van der Waals surface area contributed by atoms with Gasteiger partial charge in [0.15, 0.2) is 5.96 Å². The summed E-state index contributed by atoms with van der Waals surface area (Å²) in [4.78, 5) is 13.5. The number of hydrogen-bond donors (Lipinski definition) is 3. The van der Waals surface area contributed by atoms with Crippen LogP contribution in [0.25, 0.3) is 10.9 Å². The number of aromatic nitrogens is 2. The summed E-state index contributed by atoms with van der Waals surface area (Å²) in [6.07, 6.45) is 0.909. The zero-order valence-corrected chi connectivity index (χ0v) is 17.9. The molecule has 0 atom stereocenters. The summed E-state index contributed by atoms with van der Waals surface area (Å²) in [5.74, 6) is 0.804. The Kier molecular flexibility index (Phi) is 7.24. The lowest BCUT2D eigenvalue weighted by molar-refractivity contribution is 0.784. The van der Waals surface area contributed by atoms with E-state index in [1.54, 1.807) is 18.4 Å². The highest BCUT2D eigenvalue weighted by atomic mass is 127. The van der Waals surface area contributed by atoms with Crippen LogP contribution in [0.2, 0.25) is 0 Å². The zero-order valence-electron chi connectivity index (χ0n) is 14.7. The Morgan fingerprint density at radius 3 is 2.72 bits per heavy atom. The maximum Gasteiger partial charge on any atom is 0.191 e. The van der Waals surface area contributed by atoms with Crippen molar-refractivity contribution in [2.45, 2.75) is 26.8 Å². The first-order valence-electron chi connectivity index (χ1n) is 8.10. The first-order valence-corrected chi connectivity index (χ1v) is 8.91. The van der Waals surface area contributed by atoms with Crippen LogP contribution in [0.3, 0.4) is 0 Å². The third kappa shape index (κ3) is 5.18. The number of H-pyrrole nitrogens is 1. The van der Waals surface area contributed by atoms with Gasteiger partial charge in [-0.3, -0.25) is 4.99 Å². The van der Waals surface area contributed by atoms with Crippen LogP contribution in [0.4, 0.5) is 0 Å². The highest BCUT2D eigenvalue weighted by Crippen LogP contribution is 2.16. The standard InChI is InChI=1S/C18H23N5S.HI/c1-12-13(2)24-17(22-12)8-9-20-18(19-3)21-11-15-10-14-6-4-5-7-16(14)23-15;/h4-7,10,23H,8-9,11H2,1-3H3,(H2,19,20,21);1H. The van der Waals surface area contributed by atoms with Crippen LogP contribution < -0.4 is 10.6 Å². The fourth-order valence-corrected chi connectivity index (χ4v) is 3.50. The minimum absolute atomic E-state index is 0. The number of aromatic amines is 1. The molecule has 25 heavy (non-hydrogen) atoms. The third-order valence-corrected chi connectivity index (χ3v) is 5.09. The summed E-state index contributed by atoms with van der Waals surface area (Å²) in [6, 6.07) is 10.5. The van der Waals surface area contributed by atoms with Crippen molar-refractivity contribution in [3.63, 3.8) is 0 Å². The first-order chi connectivity index (χ1) is 11.7. The van der Waals surface area contributed by atoms with E-state index in [2.05, 4.69) is 63.7 Å². The Balaban J connectivity index is 0.00000225. The molecule has 1 aromatic carbocycles. The average Bonchev–Trinajstić information content (AvgIpc) is 3.13. The van der Waals surface area contributed by atoms with Crippen molar-refractivity contribution in [1.82, 2.24) is 20.6 Å². The van der Waals surface area contributed by atoms with Crippen LogP contribution >= 0.6 is 35.3 Å². The van der Waals surface area contributed by atoms with Gasteiger partial charge in [0.05, 0.1) is 17.2 Å². The van der Waals surface area contributed by atoms with Gasteiger partial charge in [-0.15, -0.1) is 35.3 Å². The molecule has 3 aromatic rings. The first kappa shape index (κ1) is 19.7. The van der Waals surface area contributed by atoms with Gasteiger partial charge in [0.25, 0.3) is 0 Å². The maximum absolute atomic E-state index is 4.56. The van der Waals surface area contributed by atoms with Gasteiger partial charge in [0.1, 0.15) is 0 Å². The molecule has 0 radical (unpaired) electrons. The molecule has 0 fully saturated rings. The molecular weight excluding hydrogens is 445 g/mol. The van der Waals surface area contributed by atoms with Crippen LogP contribution in [-0.4, -0.2) is 29.5 Å². The van der Waals surface area contributed by atoms with E-state index in [9.17, 15) is 0 Å². The maximum atomic E-state index is 4.56. The number of rotatable bonds is 5. The number of benzene rings is 1. The fraction of sp³-hybridized carbons (Fsp3) is 0.333. The molecule has 0 aliphatic rings. The number of aryl methyl sites for hydroxylation is 2. The highest BCUT2D eigenvalue weighted by Gasteiger charge is 2.05. The summed E-state index contributed by atoms with van der Waals surface area (Å²) in [6.45, 7) is 5.71. The van der Waals surface area contributed by atoms with Gasteiger partial charge in [-0.25, -0.2) is 4.98 Å². The molecule has 0 saturated heterocycles. The van der Waals surface area contributed by atoms with Gasteiger partial charge < -0.3 is 15.6 Å². The van der Waals surface area contributed by atoms with Gasteiger partial charge in [0, 0.05) is 36.1 Å². The fourth-order valence-electron chi connectivity index (χ4n) is 2.56. The number of thiazole rings is 1. The smallest absolute Gasteiger partial charge is 0.191 e. The van der Waals surface area contributed by atoms with Gasteiger partial charge in [-0.05, 0) is 31.4 Å². The average molecular weight is 469 g/mol. The van der Waals surface area contributed by atoms with Crippen LogP contribution in [0.1, 0.15) is 21.3 Å². The van der Waals surface area contributed by atoms with Crippen molar-refractivity contribution in [2.24, 2.45) is 4.99 Å². The number of hydrogen-bond acceptors (Lipinski definition) is 3. The second-order valence-electron chi connectivity index (χ2n) is 5.73. The Labute approximate surface area is 169 Å². The second kappa shape index (κ2) is 9.19. The molecule has 0 unspecified atom stereocenters. The lowest BCUT2D eigenvalue weighted by Crippen LogP contribution is -2.37. The van der Waals surface area contributed by atoms with Crippen molar-refractivity contribution in [3.8, 4) is 0 Å². The number of guanidine groups is 1. The van der Waals surface area contributed by atoms with Gasteiger partial charge in [-0.1, -0.05) is 18.2 Å². The Morgan fingerprint density at radius 2 is 2.04 bits per heavy atom. The number of halogens is 1. The summed E-state index contributed by atoms with van der Waals surface area (Å²) in [5, 5.41) is 9.08. The van der Waals surface area contributed by atoms with E-state index in [0.717, 1.165) is 35.8 Å². The van der Waals surface area contributed by atoms with Crippen molar-refractivity contribution >= 4 is 52.2 Å². The van der Waals surface area contributed by atoms with Crippen LogP contribution in [0.15, 0.2) is 35.3 Å². The molecule has 3 N–H and O–H groups in total. The van der Waals surface area contributed by atoms with E-state index >= 15 is 0 Å². The Bertz CT molecular complexity index is 800. The molecular formula is C18H24IN5S. The zero-order chi connectivity index (χ0) is 16.9. The summed E-state index contributed by atoms with van der Waals surface area (Å²) < 4.78 is 0. The van der Waals surface area contributed by atoms with Gasteiger partial charge in [-0.2, -0.15) is 0 Å². The van der Waals surface area contributed by atoms with E-state index in [4.69, 9.17) is 0 Å². The summed E-state index contributed by atoms with van der Waals surface area (Å²) >= 11 is 1.77. The van der Waals surface area contributed by atoms with E-state index in [0.29, 0.717) is 6.54 Å². The minimum Gasteiger partial charge on any atom is -0.357 e. The van der Waals surface area contributed by atoms with Crippen molar-refractivity contribution in [1.29, 1.82) is 0 Å². The molecule has 0 aliphatic carbocycles. The van der Waals surface area contributed by atoms with Crippen LogP contribution in [0.5, 0.6) is 0 Å². The predicted molar refractivity (Wildman–Crippen MR) is 117 cm³/mol. The van der Waals surface area contributed by atoms with E-state index in [-0.39, 0.29) is 24.0 Å². The number of aliphatic imine (C=N–C) groups is 1. The molecule has 2 aromatic heterocycles. The lowest BCUT2D eigenvalue weighted by Gasteiger charge is -2.10. The third-order valence-electron chi connectivity index (χ3n) is 3.96. The topological polar surface area (TPSA) is 65.1 Å². The SMILES string of the molecule is CN=C(NCCc1nc(C)c(C)s1)NCc1cc2ccccc2[nH]1.I. The van der Waals surface area contributed by atoms with E-state index in [1.807, 2.05) is 6.07 Å². The molecule has 0 aliphatic heterocycles. The molecule has 0 spiro atoms. The van der Waals surface area contributed by atoms with E-state index in [1.165, 1.54) is 15.3 Å². The molecule has 3 rings (SSSR count). The monoisotopic (exact) mass is 469 g/mol. The molecule has 134 valence electrons. The minimum atomic E-state index is 0.